The summed E-state index contributed by atoms with van der Waals surface area (Å²) in [6.07, 6.45) is 4.62. The van der Waals surface area contributed by atoms with Gasteiger partial charge >= 0.3 is 0 Å². The minimum Gasteiger partial charge on any atom is -0.384 e. The van der Waals surface area contributed by atoms with Gasteiger partial charge in [0.15, 0.2) is 0 Å². The van der Waals surface area contributed by atoms with Crippen LogP contribution in [0.1, 0.15) is 33.4 Å². The molecule has 0 unspecified atom stereocenters. The molecule has 5 aromatic rings. The number of nitrogens with zero attached hydrogens (tertiary/aromatic N) is 2. The fourth-order valence-corrected chi connectivity index (χ4v) is 4.21. The number of aromatic amines is 1. The largest absolute Gasteiger partial charge is 0.384 e. The Bertz CT molecular complexity index is 1480. The van der Waals surface area contributed by atoms with Gasteiger partial charge < -0.3 is 21.0 Å². The number of carbonyl (C=O) groups is 1. The smallest absolute Gasteiger partial charge is 0.248 e. The molecule has 0 bridgehead atoms. The maximum absolute atomic E-state index is 11.8. The summed E-state index contributed by atoms with van der Waals surface area (Å²) >= 11 is 0. The van der Waals surface area contributed by atoms with Crippen molar-refractivity contribution in [2.24, 2.45) is 11.5 Å². The van der Waals surface area contributed by atoms with E-state index in [1.807, 2.05) is 73.1 Å². The molecule has 0 radical (unpaired) electrons. The van der Waals surface area contributed by atoms with Crippen LogP contribution in [0.15, 0.2) is 91.3 Å². The minimum atomic E-state index is -0.455. The Hall–Kier alpha value is -4.65. The Morgan fingerprint density at radius 3 is 2.41 bits per heavy atom. The van der Waals surface area contributed by atoms with Gasteiger partial charge in [0, 0.05) is 41.0 Å². The molecule has 7 nitrogen and oxygen atoms in total. The molecular weight excluding hydrogens is 424 g/mol. The molecule has 0 saturated heterocycles. The average Bonchev–Trinajstić information content (AvgIpc) is 3.51. The van der Waals surface area contributed by atoms with Crippen molar-refractivity contribution in [3.63, 3.8) is 0 Å². The number of nitrogen functional groups attached to an aromatic ring is 1. The lowest BCUT2D eigenvalue weighted by Gasteiger charge is -2.19. The van der Waals surface area contributed by atoms with Crippen molar-refractivity contribution < 1.29 is 4.79 Å². The molecule has 0 spiro atoms. The first kappa shape index (κ1) is 21.2. The van der Waals surface area contributed by atoms with Crippen LogP contribution in [0, 0.1) is 5.41 Å². The minimum absolute atomic E-state index is 0.0343. The number of H-pyrrole nitrogens is 1. The van der Waals surface area contributed by atoms with Crippen LogP contribution in [-0.2, 0) is 6.42 Å². The predicted molar refractivity (Wildman–Crippen MR) is 134 cm³/mol. The number of primary amides is 1. The van der Waals surface area contributed by atoms with Crippen molar-refractivity contribution in [1.29, 1.82) is 5.41 Å². The first-order valence-electron chi connectivity index (χ1n) is 10.9. The number of benzene rings is 3. The molecule has 1 amide bonds. The number of nitrogens with two attached hydrogens (primary N) is 2. The Morgan fingerprint density at radius 1 is 0.971 bits per heavy atom. The van der Waals surface area contributed by atoms with Crippen molar-refractivity contribution in [2.45, 2.75) is 12.5 Å². The lowest BCUT2D eigenvalue weighted by Crippen LogP contribution is -2.15. The molecule has 0 aliphatic carbocycles. The lowest BCUT2D eigenvalue weighted by atomic mass is 10.0. The first-order chi connectivity index (χ1) is 16.5. The van der Waals surface area contributed by atoms with Gasteiger partial charge in [0.25, 0.3) is 0 Å². The van der Waals surface area contributed by atoms with Gasteiger partial charge in [-0.2, -0.15) is 0 Å². The lowest BCUT2D eigenvalue weighted by molar-refractivity contribution is 0.100. The molecule has 0 aliphatic heterocycles. The monoisotopic (exact) mass is 448 g/mol. The van der Waals surface area contributed by atoms with E-state index in [0.29, 0.717) is 17.5 Å². The molecule has 34 heavy (non-hydrogen) atoms. The second kappa shape index (κ2) is 8.71. The molecule has 2 aromatic heterocycles. The predicted octanol–water partition coefficient (Wildman–Crippen LogP) is 4.25. The summed E-state index contributed by atoms with van der Waals surface area (Å²) < 4.78 is 2.14. The fraction of sp³-hybridized carbons (Fsp3) is 0.0741. The van der Waals surface area contributed by atoms with Gasteiger partial charge in [0.1, 0.15) is 11.7 Å². The highest BCUT2D eigenvalue weighted by Crippen LogP contribution is 2.29. The van der Waals surface area contributed by atoms with Gasteiger partial charge in [0.05, 0.1) is 11.7 Å². The third-order valence-corrected chi connectivity index (χ3v) is 6.02. The van der Waals surface area contributed by atoms with E-state index in [1.165, 1.54) is 5.56 Å². The van der Waals surface area contributed by atoms with Gasteiger partial charge in [-0.1, -0.05) is 60.7 Å². The average molecular weight is 449 g/mol. The highest BCUT2D eigenvalue weighted by molar-refractivity contribution is 5.97. The summed E-state index contributed by atoms with van der Waals surface area (Å²) in [5.74, 6) is 0.382. The number of hydrogen-bond donors (Lipinski definition) is 4. The number of hydrogen-bond acceptors (Lipinski definition) is 3. The van der Waals surface area contributed by atoms with E-state index in [2.05, 4.69) is 21.7 Å². The van der Waals surface area contributed by atoms with E-state index in [-0.39, 0.29) is 11.9 Å². The highest BCUT2D eigenvalue weighted by atomic mass is 16.1. The van der Waals surface area contributed by atoms with E-state index in [9.17, 15) is 4.79 Å². The third-order valence-electron chi connectivity index (χ3n) is 6.02. The summed E-state index contributed by atoms with van der Waals surface area (Å²) in [5.41, 5.74) is 16.1. The van der Waals surface area contributed by atoms with Crippen LogP contribution in [0.25, 0.3) is 22.2 Å². The Kier molecular flexibility index (Phi) is 5.43. The van der Waals surface area contributed by atoms with E-state index in [4.69, 9.17) is 21.9 Å². The van der Waals surface area contributed by atoms with Crippen LogP contribution in [0.3, 0.4) is 0 Å². The Morgan fingerprint density at radius 2 is 1.71 bits per heavy atom. The number of nitrogens with one attached hydrogen (secondary N) is 2. The topological polar surface area (TPSA) is 127 Å². The molecule has 0 aliphatic rings. The van der Waals surface area contributed by atoms with Gasteiger partial charge in [-0.15, -0.1) is 0 Å². The van der Waals surface area contributed by atoms with Crippen LogP contribution in [0.5, 0.6) is 0 Å². The number of amidine groups is 1. The van der Waals surface area contributed by atoms with Gasteiger partial charge in [-0.25, -0.2) is 4.98 Å². The molecule has 168 valence electrons. The van der Waals surface area contributed by atoms with Gasteiger partial charge in [0.2, 0.25) is 5.91 Å². The van der Waals surface area contributed by atoms with Crippen LogP contribution in [-0.4, -0.2) is 26.3 Å². The standard InChI is InChI=1S/C27H24N6O/c28-25(29)20-9-6-18(7-10-20)22-16-31-27(32-22)24(14-17-4-2-1-3-5-17)33-13-12-19-8-11-21(26(30)34)15-23(19)33/h1-13,15-16,24H,14H2,(H3,28,29)(H2,30,34)(H,31,32)/t24-/m0/s1. The van der Waals surface area contributed by atoms with Crippen molar-refractivity contribution in [3.05, 3.63) is 114 Å². The van der Waals surface area contributed by atoms with Crippen molar-refractivity contribution in [3.8, 4) is 11.3 Å². The third kappa shape index (κ3) is 4.06. The quantitative estimate of drug-likeness (QED) is 0.220. The zero-order chi connectivity index (χ0) is 23.7. The zero-order valence-corrected chi connectivity index (χ0v) is 18.4. The van der Waals surface area contributed by atoms with Crippen LogP contribution < -0.4 is 11.5 Å². The molecule has 6 N–H and O–H groups in total. The second-order valence-corrected chi connectivity index (χ2v) is 8.23. The van der Waals surface area contributed by atoms with E-state index >= 15 is 0 Å². The van der Waals surface area contributed by atoms with Gasteiger partial charge in [-0.05, 0) is 29.1 Å². The molecule has 7 heteroatoms. The molecule has 0 saturated carbocycles. The maximum Gasteiger partial charge on any atom is 0.248 e. The van der Waals surface area contributed by atoms with Crippen LogP contribution in [0.4, 0.5) is 0 Å². The summed E-state index contributed by atoms with van der Waals surface area (Å²) in [6.45, 7) is 0. The number of rotatable bonds is 7. The summed E-state index contributed by atoms with van der Waals surface area (Å²) in [7, 11) is 0. The first-order valence-corrected chi connectivity index (χ1v) is 10.9. The Balaban J connectivity index is 1.58. The zero-order valence-electron chi connectivity index (χ0n) is 18.4. The number of aromatic nitrogens is 3. The maximum atomic E-state index is 11.8. The fourth-order valence-electron chi connectivity index (χ4n) is 4.21. The Labute approximate surface area is 196 Å². The molecular formula is C27H24N6O. The molecule has 5 rings (SSSR count). The summed E-state index contributed by atoms with van der Waals surface area (Å²) in [5, 5.41) is 8.61. The van der Waals surface area contributed by atoms with Crippen molar-refractivity contribution in [2.75, 3.05) is 0 Å². The normalized spacial score (nSPS) is 12.0. The second-order valence-electron chi connectivity index (χ2n) is 8.23. The van der Waals surface area contributed by atoms with E-state index in [0.717, 1.165) is 28.0 Å². The van der Waals surface area contributed by atoms with Crippen LogP contribution >= 0.6 is 0 Å². The molecule has 0 fully saturated rings. The SMILES string of the molecule is N=C(N)c1ccc(-c2c[nH]c([C@H](Cc3ccccc3)n3ccc4ccc(C(N)=O)cc43)n2)cc1. The van der Waals surface area contributed by atoms with E-state index < -0.39 is 5.91 Å². The summed E-state index contributed by atoms with van der Waals surface area (Å²) in [4.78, 5) is 20.1. The van der Waals surface area contributed by atoms with E-state index in [1.54, 1.807) is 6.07 Å². The highest BCUT2D eigenvalue weighted by Gasteiger charge is 2.21. The van der Waals surface area contributed by atoms with Crippen LogP contribution in [0.2, 0.25) is 0 Å². The number of imidazole rings is 1. The molecule has 2 heterocycles. The van der Waals surface area contributed by atoms with Crippen molar-refractivity contribution >= 4 is 22.6 Å². The number of amides is 1. The summed E-state index contributed by atoms with van der Waals surface area (Å²) in [6, 6.07) is 25.1. The number of carbonyl (C=O) groups excluding carboxylic acids is 1. The van der Waals surface area contributed by atoms with Crippen molar-refractivity contribution in [1.82, 2.24) is 14.5 Å². The molecule has 1 atom stereocenters. The van der Waals surface area contributed by atoms with Gasteiger partial charge in [-0.3, -0.25) is 10.2 Å². The number of fused-ring (bicyclic) bond motifs is 1. The molecule has 3 aromatic carbocycles.